The van der Waals surface area contributed by atoms with E-state index in [2.05, 4.69) is 40.8 Å². The molecular formula is C27H22N4O. The van der Waals surface area contributed by atoms with Gasteiger partial charge in [0.1, 0.15) is 5.65 Å². The molecule has 6 rings (SSSR count). The van der Waals surface area contributed by atoms with Crippen molar-refractivity contribution in [1.82, 2.24) is 19.7 Å². The smallest absolute Gasteiger partial charge is 0.265 e. The van der Waals surface area contributed by atoms with Crippen LogP contribution in [0.1, 0.15) is 11.1 Å². The van der Waals surface area contributed by atoms with Crippen molar-refractivity contribution < 1.29 is 0 Å². The van der Waals surface area contributed by atoms with E-state index in [4.69, 9.17) is 4.98 Å². The number of H-pyrrole nitrogens is 1. The molecule has 0 aliphatic heterocycles. The van der Waals surface area contributed by atoms with E-state index < -0.39 is 0 Å². The molecule has 0 bridgehead atoms. The maximum atomic E-state index is 13.2. The number of hydrogen-bond acceptors (Lipinski definition) is 3. The van der Waals surface area contributed by atoms with Crippen molar-refractivity contribution >= 4 is 38.2 Å². The molecule has 3 aromatic heterocycles. The van der Waals surface area contributed by atoms with Gasteiger partial charge in [-0.3, -0.25) is 9.20 Å². The molecule has 5 nitrogen and oxygen atoms in total. The summed E-state index contributed by atoms with van der Waals surface area (Å²) >= 11 is 0. The van der Waals surface area contributed by atoms with Gasteiger partial charge < -0.3 is 10.3 Å². The summed E-state index contributed by atoms with van der Waals surface area (Å²) in [5.41, 5.74) is 4.90. The first-order chi connectivity index (χ1) is 15.8. The fraction of sp³-hybridized carbons (Fsp3) is 0.111. The largest absolute Gasteiger partial charge is 0.361 e. The van der Waals surface area contributed by atoms with Crippen LogP contribution in [-0.2, 0) is 13.0 Å². The van der Waals surface area contributed by atoms with Crippen LogP contribution in [0.2, 0.25) is 0 Å². The monoisotopic (exact) mass is 418 g/mol. The molecule has 0 fully saturated rings. The highest BCUT2D eigenvalue weighted by molar-refractivity contribution is 5.96. The zero-order valence-corrected chi connectivity index (χ0v) is 17.5. The van der Waals surface area contributed by atoms with Gasteiger partial charge in [-0.2, -0.15) is 0 Å². The number of benzene rings is 3. The van der Waals surface area contributed by atoms with Crippen molar-refractivity contribution in [3.8, 4) is 0 Å². The van der Waals surface area contributed by atoms with E-state index in [0.29, 0.717) is 17.6 Å². The molecule has 0 saturated carbocycles. The van der Waals surface area contributed by atoms with Crippen molar-refractivity contribution in [2.75, 3.05) is 6.54 Å². The molecule has 5 heteroatoms. The van der Waals surface area contributed by atoms with Crippen LogP contribution >= 0.6 is 0 Å². The van der Waals surface area contributed by atoms with Crippen LogP contribution in [0.5, 0.6) is 0 Å². The number of rotatable bonds is 5. The summed E-state index contributed by atoms with van der Waals surface area (Å²) in [5.74, 6) is 0. The lowest BCUT2D eigenvalue weighted by molar-refractivity contribution is 0.688. The van der Waals surface area contributed by atoms with E-state index in [1.54, 1.807) is 10.6 Å². The summed E-state index contributed by atoms with van der Waals surface area (Å²) < 4.78 is 1.66. The quantitative estimate of drug-likeness (QED) is 0.312. The van der Waals surface area contributed by atoms with Crippen LogP contribution in [0.3, 0.4) is 0 Å². The van der Waals surface area contributed by atoms with Gasteiger partial charge in [0.05, 0.1) is 10.9 Å². The first kappa shape index (κ1) is 18.8. The third kappa shape index (κ3) is 3.15. The molecule has 0 spiro atoms. The lowest BCUT2D eigenvalue weighted by Crippen LogP contribution is -2.20. The van der Waals surface area contributed by atoms with E-state index in [0.717, 1.165) is 34.8 Å². The second-order valence-corrected chi connectivity index (χ2v) is 8.15. The summed E-state index contributed by atoms with van der Waals surface area (Å²) in [5, 5.41) is 7.58. The molecule has 0 atom stereocenters. The fourth-order valence-electron chi connectivity index (χ4n) is 4.49. The Bertz CT molecular complexity index is 1660. The molecule has 0 saturated heterocycles. The van der Waals surface area contributed by atoms with E-state index in [-0.39, 0.29) is 5.56 Å². The maximum absolute atomic E-state index is 13.2. The van der Waals surface area contributed by atoms with E-state index >= 15 is 0 Å². The summed E-state index contributed by atoms with van der Waals surface area (Å²) in [4.78, 5) is 21.4. The van der Waals surface area contributed by atoms with Crippen molar-refractivity contribution in [2.45, 2.75) is 13.0 Å². The summed E-state index contributed by atoms with van der Waals surface area (Å²) in [7, 11) is 0. The Morgan fingerprint density at radius 1 is 0.875 bits per heavy atom. The average Bonchev–Trinajstić information content (AvgIpc) is 3.24. The number of nitrogens with zero attached hydrogens (tertiary/aromatic N) is 2. The molecule has 0 amide bonds. The standard InChI is InChI=1S/C27H22N4O/c32-27-23-14-18-6-1-2-7-19(18)15-25(23)30-26-21(8-5-13-31(26)27)16-28-12-11-20-17-29-24-10-4-3-9-22(20)24/h1-10,13-15,17,28-29H,11-12,16H2. The zero-order chi connectivity index (χ0) is 21.5. The van der Waals surface area contributed by atoms with Gasteiger partial charge in [0.25, 0.3) is 5.56 Å². The molecule has 156 valence electrons. The van der Waals surface area contributed by atoms with E-state index in [9.17, 15) is 4.79 Å². The number of nitrogens with one attached hydrogen (secondary N) is 2. The predicted molar refractivity (Wildman–Crippen MR) is 130 cm³/mol. The van der Waals surface area contributed by atoms with E-state index in [1.807, 2.05) is 48.5 Å². The number of para-hydroxylation sites is 1. The maximum Gasteiger partial charge on any atom is 0.265 e. The van der Waals surface area contributed by atoms with Crippen LogP contribution in [0, 0.1) is 0 Å². The highest BCUT2D eigenvalue weighted by Crippen LogP contribution is 2.21. The summed E-state index contributed by atoms with van der Waals surface area (Å²) in [6.45, 7) is 1.49. The molecule has 3 aromatic carbocycles. The molecule has 0 radical (unpaired) electrons. The van der Waals surface area contributed by atoms with Gasteiger partial charge in [-0.25, -0.2) is 4.98 Å². The third-order valence-electron chi connectivity index (χ3n) is 6.15. The van der Waals surface area contributed by atoms with Crippen molar-refractivity contribution in [2.24, 2.45) is 0 Å². The zero-order valence-electron chi connectivity index (χ0n) is 17.5. The van der Waals surface area contributed by atoms with Crippen molar-refractivity contribution in [1.29, 1.82) is 0 Å². The Balaban J connectivity index is 1.30. The normalized spacial score (nSPS) is 11.8. The molecule has 0 aliphatic rings. The highest BCUT2D eigenvalue weighted by Gasteiger charge is 2.10. The minimum absolute atomic E-state index is 0.0311. The van der Waals surface area contributed by atoms with Crippen molar-refractivity contribution in [3.05, 3.63) is 107 Å². The molecule has 0 aliphatic carbocycles. The lowest BCUT2D eigenvalue weighted by atomic mass is 10.1. The van der Waals surface area contributed by atoms with Crippen LogP contribution < -0.4 is 10.9 Å². The van der Waals surface area contributed by atoms with Crippen LogP contribution in [0.15, 0.2) is 90.0 Å². The molecule has 0 unspecified atom stereocenters. The Labute approximate surface area is 184 Å². The number of pyridine rings is 1. The van der Waals surface area contributed by atoms with Gasteiger partial charge in [0.2, 0.25) is 0 Å². The number of aromatic amines is 1. The van der Waals surface area contributed by atoms with Gasteiger partial charge in [-0.1, -0.05) is 48.5 Å². The Hall–Kier alpha value is -3.96. The minimum Gasteiger partial charge on any atom is -0.361 e. The van der Waals surface area contributed by atoms with Crippen molar-refractivity contribution in [3.63, 3.8) is 0 Å². The Morgan fingerprint density at radius 2 is 1.69 bits per heavy atom. The van der Waals surface area contributed by atoms with Gasteiger partial charge in [-0.15, -0.1) is 0 Å². The molecule has 3 heterocycles. The first-order valence-corrected chi connectivity index (χ1v) is 10.9. The molecule has 32 heavy (non-hydrogen) atoms. The Kier molecular flexibility index (Phi) is 4.47. The average molecular weight is 419 g/mol. The first-order valence-electron chi connectivity index (χ1n) is 10.9. The predicted octanol–water partition coefficient (Wildman–Crippen LogP) is 4.81. The second kappa shape index (κ2) is 7.62. The molecule has 2 N–H and O–H groups in total. The summed E-state index contributed by atoms with van der Waals surface area (Å²) in [6.07, 6.45) is 4.81. The lowest BCUT2D eigenvalue weighted by Gasteiger charge is -2.10. The minimum atomic E-state index is -0.0311. The van der Waals surface area contributed by atoms with Crippen LogP contribution in [-0.4, -0.2) is 20.9 Å². The topological polar surface area (TPSA) is 62.2 Å². The summed E-state index contributed by atoms with van der Waals surface area (Å²) in [6, 6.07) is 24.3. The Morgan fingerprint density at radius 3 is 2.59 bits per heavy atom. The second-order valence-electron chi connectivity index (χ2n) is 8.15. The van der Waals surface area contributed by atoms with Gasteiger partial charge in [0.15, 0.2) is 0 Å². The van der Waals surface area contributed by atoms with Gasteiger partial charge in [0, 0.05) is 35.4 Å². The van der Waals surface area contributed by atoms with Gasteiger partial charge in [-0.05, 0) is 53.6 Å². The third-order valence-corrected chi connectivity index (χ3v) is 6.15. The number of fused-ring (bicyclic) bond motifs is 4. The highest BCUT2D eigenvalue weighted by atomic mass is 16.1. The fourth-order valence-corrected chi connectivity index (χ4v) is 4.49. The molecule has 6 aromatic rings. The number of aromatic nitrogens is 3. The number of hydrogen-bond donors (Lipinski definition) is 2. The molecular weight excluding hydrogens is 396 g/mol. The van der Waals surface area contributed by atoms with E-state index in [1.165, 1.54) is 16.5 Å². The van der Waals surface area contributed by atoms with Crippen LogP contribution in [0.4, 0.5) is 0 Å². The SMILES string of the molecule is O=c1c2cc3ccccc3cc2nc2c(CNCCc3c[nH]c4ccccc34)cccn12. The van der Waals surface area contributed by atoms with Gasteiger partial charge >= 0.3 is 0 Å². The van der Waals surface area contributed by atoms with Crippen LogP contribution in [0.25, 0.3) is 38.2 Å².